The molecule has 1 fully saturated rings. The van der Waals surface area contributed by atoms with Crippen LogP contribution in [0.2, 0.25) is 0 Å². The van der Waals surface area contributed by atoms with Crippen molar-refractivity contribution < 1.29 is 0 Å². The van der Waals surface area contributed by atoms with E-state index in [1.807, 2.05) is 11.3 Å². The molecule has 1 aromatic rings. The lowest BCUT2D eigenvalue weighted by Gasteiger charge is -2.29. The molecule has 1 heterocycles. The number of hydrogen-bond acceptors (Lipinski definition) is 3. The van der Waals surface area contributed by atoms with Gasteiger partial charge in [-0.3, -0.25) is 0 Å². The van der Waals surface area contributed by atoms with E-state index in [2.05, 4.69) is 26.1 Å². The smallest absolute Gasteiger partial charge is 0.0962 e. The number of aryl methyl sites for hydroxylation is 1. The van der Waals surface area contributed by atoms with Gasteiger partial charge in [0, 0.05) is 16.8 Å². The van der Waals surface area contributed by atoms with Gasteiger partial charge in [0.1, 0.15) is 0 Å². The predicted molar refractivity (Wildman–Crippen MR) is 91.0 cm³/mol. The van der Waals surface area contributed by atoms with Gasteiger partial charge >= 0.3 is 0 Å². The van der Waals surface area contributed by atoms with Crippen LogP contribution in [-0.2, 0) is 6.42 Å². The monoisotopic (exact) mass is 306 g/mol. The van der Waals surface area contributed by atoms with Crippen LogP contribution in [0.25, 0.3) is 0 Å². The number of thiazole rings is 1. The van der Waals surface area contributed by atoms with E-state index in [0.717, 1.165) is 24.3 Å². The SMILES string of the molecule is CCNC1CCCc2nc(C3CCC(C(C)C)CC3)sc21. The fraction of sp³-hybridized carbons (Fsp3) is 0.833. The Morgan fingerprint density at radius 2 is 1.95 bits per heavy atom. The molecule has 0 aliphatic heterocycles. The van der Waals surface area contributed by atoms with Crippen molar-refractivity contribution in [2.24, 2.45) is 11.8 Å². The summed E-state index contributed by atoms with van der Waals surface area (Å²) >= 11 is 2.03. The van der Waals surface area contributed by atoms with Crippen LogP contribution in [0.15, 0.2) is 0 Å². The van der Waals surface area contributed by atoms with Gasteiger partial charge < -0.3 is 5.32 Å². The molecule has 0 spiro atoms. The highest BCUT2D eigenvalue weighted by atomic mass is 32.1. The molecule has 2 aliphatic carbocycles. The van der Waals surface area contributed by atoms with Gasteiger partial charge in [-0.2, -0.15) is 0 Å². The van der Waals surface area contributed by atoms with E-state index in [1.54, 1.807) is 4.88 Å². The fourth-order valence-corrected chi connectivity index (χ4v) is 5.48. The average Bonchev–Trinajstić information content (AvgIpc) is 2.93. The third-order valence-electron chi connectivity index (χ3n) is 5.48. The molecule has 3 rings (SSSR count). The molecule has 0 radical (unpaired) electrons. The van der Waals surface area contributed by atoms with Crippen LogP contribution in [0.5, 0.6) is 0 Å². The van der Waals surface area contributed by atoms with Crippen molar-refractivity contribution in [2.45, 2.75) is 77.7 Å². The molecular weight excluding hydrogens is 276 g/mol. The Hall–Kier alpha value is -0.410. The number of hydrogen-bond donors (Lipinski definition) is 1. The zero-order valence-corrected chi connectivity index (χ0v) is 14.6. The summed E-state index contributed by atoms with van der Waals surface area (Å²) in [5, 5.41) is 5.10. The molecule has 0 bridgehead atoms. The lowest BCUT2D eigenvalue weighted by molar-refractivity contribution is 0.258. The van der Waals surface area contributed by atoms with Crippen LogP contribution in [-0.4, -0.2) is 11.5 Å². The van der Waals surface area contributed by atoms with E-state index >= 15 is 0 Å². The van der Waals surface area contributed by atoms with Crippen molar-refractivity contribution in [2.75, 3.05) is 6.54 Å². The Kier molecular flexibility index (Phi) is 5.00. The number of nitrogens with zero attached hydrogens (tertiary/aromatic N) is 1. The quantitative estimate of drug-likeness (QED) is 0.841. The molecule has 0 amide bonds. The van der Waals surface area contributed by atoms with Crippen molar-refractivity contribution in [1.82, 2.24) is 10.3 Å². The molecule has 0 saturated heterocycles. The summed E-state index contributed by atoms with van der Waals surface area (Å²) in [5.74, 6) is 2.55. The minimum absolute atomic E-state index is 0.581. The van der Waals surface area contributed by atoms with Crippen LogP contribution in [0, 0.1) is 11.8 Å². The standard InChI is InChI=1S/C18H30N2S/c1-4-19-15-6-5-7-16-17(15)21-18(20-16)14-10-8-13(9-11-14)12(2)3/h12-15,19H,4-11H2,1-3H3. The molecule has 21 heavy (non-hydrogen) atoms. The Morgan fingerprint density at radius 3 is 2.62 bits per heavy atom. The minimum Gasteiger partial charge on any atom is -0.309 e. The Balaban J connectivity index is 1.70. The van der Waals surface area contributed by atoms with E-state index in [-0.39, 0.29) is 0 Å². The van der Waals surface area contributed by atoms with Crippen molar-refractivity contribution in [1.29, 1.82) is 0 Å². The number of fused-ring (bicyclic) bond motifs is 1. The Labute approximate surface area is 133 Å². The van der Waals surface area contributed by atoms with Gasteiger partial charge in [0.05, 0.1) is 10.7 Å². The van der Waals surface area contributed by atoms with Gasteiger partial charge in [-0.15, -0.1) is 11.3 Å². The first-order valence-corrected chi connectivity index (χ1v) is 9.73. The molecule has 1 atom stereocenters. The maximum absolute atomic E-state index is 5.06. The van der Waals surface area contributed by atoms with Crippen molar-refractivity contribution in [3.05, 3.63) is 15.6 Å². The van der Waals surface area contributed by atoms with Crippen LogP contribution < -0.4 is 5.32 Å². The molecular formula is C18H30N2S. The summed E-state index contributed by atoms with van der Waals surface area (Å²) in [7, 11) is 0. The third kappa shape index (κ3) is 3.34. The second-order valence-electron chi connectivity index (χ2n) is 7.22. The van der Waals surface area contributed by atoms with Gasteiger partial charge in [-0.05, 0) is 63.3 Å². The van der Waals surface area contributed by atoms with Gasteiger partial charge in [0.2, 0.25) is 0 Å². The van der Waals surface area contributed by atoms with E-state index in [4.69, 9.17) is 4.98 Å². The lowest BCUT2D eigenvalue weighted by Crippen LogP contribution is -2.23. The molecule has 0 aromatic carbocycles. The summed E-state index contributed by atoms with van der Waals surface area (Å²) in [6.07, 6.45) is 9.33. The van der Waals surface area contributed by atoms with Crippen LogP contribution in [0.3, 0.4) is 0 Å². The number of nitrogens with one attached hydrogen (secondary N) is 1. The van der Waals surface area contributed by atoms with E-state index in [0.29, 0.717) is 6.04 Å². The van der Waals surface area contributed by atoms with Gasteiger partial charge in [-0.25, -0.2) is 4.98 Å². The van der Waals surface area contributed by atoms with Gasteiger partial charge in [0.25, 0.3) is 0 Å². The zero-order valence-electron chi connectivity index (χ0n) is 13.8. The van der Waals surface area contributed by atoms with Crippen molar-refractivity contribution >= 4 is 11.3 Å². The summed E-state index contributed by atoms with van der Waals surface area (Å²) in [4.78, 5) is 6.61. The highest BCUT2D eigenvalue weighted by Gasteiger charge is 2.29. The van der Waals surface area contributed by atoms with Gasteiger partial charge in [0.15, 0.2) is 0 Å². The molecule has 1 unspecified atom stereocenters. The van der Waals surface area contributed by atoms with E-state index in [1.165, 1.54) is 55.6 Å². The second-order valence-corrected chi connectivity index (χ2v) is 8.28. The molecule has 1 aromatic heterocycles. The highest BCUT2D eigenvalue weighted by Crippen LogP contribution is 2.43. The lowest BCUT2D eigenvalue weighted by atomic mass is 9.77. The molecule has 2 nitrogen and oxygen atoms in total. The van der Waals surface area contributed by atoms with E-state index < -0.39 is 0 Å². The second kappa shape index (κ2) is 6.78. The fourth-order valence-electron chi connectivity index (χ4n) is 4.09. The first-order chi connectivity index (χ1) is 10.2. The summed E-state index contributed by atoms with van der Waals surface area (Å²) in [6, 6.07) is 0.581. The van der Waals surface area contributed by atoms with Crippen LogP contribution in [0.4, 0.5) is 0 Å². The van der Waals surface area contributed by atoms with Crippen molar-refractivity contribution in [3.8, 4) is 0 Å². The molecule has 1 N–H and O–H groups in total. The Bertz CT molecular complexity index is 458. The van der Waals surface area contributed by atoms with Crippen LogP contribution in [0.1, 0.15) is 86.8 Å². The zero-order chi connectivity index (χ0) is 14.8. The largest absolute Gasteiger partial charge is 0.309 e. The molecule has 1 saturated carbocycles. The van der Waals surface area contributed by atoms with Crippen molar-refractivity contribution in [3.63, 3.8) is 0 Å². The highest BCUT2D eigenvalue weighted by molar-refractivity contribution is 7.12. The van der Waals surface area contributed by atoms with Crippen LogP contribution >= 0.6 is 11.3 Å². The van der Waals surface area contributed by atoms with Gasteiger partial charge in [-0.1, -0.05) is 20.8 Å². The topological polar surface area (TPSA) is 24.9 Å². The molecule has 3 heteroatoms. The molecule has 118 valence electrons. The molecule has 2 aliphatic rings. The minimum atomic E-state index is 0.581. The number of rotatable bonds is 4. The maximum Gasteiger partial charge on any atom is 0.0962 e. The normalized spacial score (nSPS) is 29.6. The maximum atomic E-state index is 5.06. The average molecular weight is 307 g/mol. The first kappa shape index (κ1) is 15.5. The summed E-state index contributed by atoms with van der Waals surface area (Å²) < 4.78 is 0. The Morgan fingerprint density at radius 1 is 1.19 bits per heavy atom. The summed E-state index contributed by atoms with van der Waals surface area (Å²) in [5.41, 5.74) is 1.41. The number of aromatic nitrogens is 1. The first-order valence-electron chi connectivity index (χ1n) is 8.91. The summed E-state index contributed by atoms with van der Waals surface area (Å²) in [6.45, 7) is 8.04. The predicted octanol–water partition coefficient (Wildman–Crippen LogP) is 5.06. The van der Waals surface area contributed by atoms with E-state index in [9.17, 15) is 0 Å². The third-order valence-corrected chi connectivity index (χ3v) is 6.86.